The summed E-state index contributed by atoms with van der Waals surface area (Å²) in [5.41, 5.74) is 1.17. The standard InChI is InChI=1S/C20H14F4S3/c1-11-3-5-12(6-4-11)26-13-7-9-14(10-8-13)27-20-17(23)15(21)19(25-2)16(22)18(20)24/h3-10H,1-2H3. The number of halogens is 4. The highest BCUT2D eigenvalue weighted by Gasteiger charge is 2.25. The van der Waals surface area contributed by atoms with Crippen LogP contribution in [0.15, 0.2) is 73.0 Å². The van der Waals surface area contributed by atoms with E-state index in [2.05, 4.69) is 0 Å². The molecule has 0 nitrogen and oxygen atoms in total. The molecule has 0 bridgehead atoms. The molecule has 0 aliphatic rings. The van der Waals surface area contributed by atoms with Gasteiger partial charge in [-0.05, 0) is 49.6 Å². The van der Waals surface area contributed by atoms with Crippen molar-refractivity contribution < 1.29 is 17.6 Å². The highest BCUT2D eigenvalue weighted by atomic mass is 32.2. The molecule has 27 heavy (non-hydrogen) atoms. The maximum Gasteiger partial charge on any atom is 0.177 e. The Morgan fingerprint density at radius 2 is 0.926 bits per heavy atom. The monoisotopic (exact) mass is 426 g/mol. The van der Waals surface area contributed by atoms with Crippen molar-refractivity contribution in [1.29, 1.82) is 0 Å². The molecule has 0 N–H and O–H groups in total. The van der Waals surface area contributed by atoms with Gasteiger partial charge < -0.3 is 0 Å². The lowest BCUT2D eigenvalue weighted by Gasteiger charge is -2.10. The highest BCUT2D eigenvalue weighted by molar-refractivity contribution is 8.00. The van der Waals surface area contributed by atoms with E-state index in [-0.39, 0.29) is 0 Å². The van der Waals surface area contributed by atoms with E-state index in [1.807, 2.05) is 31.2 Å². The van der Waals surface area contributed by atoms with Gasteiger partial charge in [-0.1, -0.05) is 41.2 Å². The van der Waals surface area contributed by atoms with Crippen LogP contribution in [0.5, 0.6) is 0 Å². The third-order valence-electron chi connectivity index (χ3n) is 3.69. The van der Waals surface area contributed by atoms with Crippen molar-refractivity contribution in [3.8, 4) is 0 Å². The van der Waals surface area contributed by atoms with E-state index in [4.69, 9.17) is 0 Å². The third-order valence-corrected chi connectivity index (χ3v) is 6.54. The molecule has 0 aliphatic carbocycles. The lowest BCUT2D eigenvalue weighted by molar-refractivity contribution is 0.401. The summed E-state index contributed by atoms with van der Waals surface area (Å²) in [4.78, 5) is 1.16. The first-order chi connectivity index (χ1) is 12.9. The van der Waals surface area contributed by atoms with E-state index in [1.165, 1.54) is 11.8 Å². The van der Waals surface area contributed by atoms with Gasteiger partial charge in [0, 0.05) is 14.7 Å². The van der Waals surface area contributed by atoms with Gasteiger partial charge >= 0.3 is 0 Å². The molecular weight excluding hydrogens is 412 g/mol. The summed E-state index contributed by atoms with van der Waals surface area (Å²) < 4.78 is 56.2. The quantitative estimate of drug-likeness (QED) is 0.234. The minimum atomic E-state index is -1.37. The molecule has 0 unspecified atom stereocenters. The summed E-state index contributed by atoms with van der Waals surface area (Å²) in [6.45, 7) is 2.01. The molecule has 0 spiro atoms. The van der Waals surface area contributed by atoms with Crippen LogP contribution in [-0.4, -0.2) is 6.26 Å². The average molecular weight is 427 g/mol. The van der Waals surface area contributed by atoms with E-state index in [0.717, 1.165) is 9.79 Å². The van der Waals surface area contributed by atoms with Crippen LogP contribution in [-0.2, 0) is 0 Å². The Hall–Kier alpha value is -1.57. The minimum Gasteiger partial charge on any atom is -0.202 e. The van der Waals surface area contributed by atoms with Gasteiger partial charge in [-0.15, -0.1) is 11.8 Å². The smallest absolute Gasteiger partial charge is 0.177 e. The molecule has 0 radical (unpaired) electrons. The Labute approximate surface area is 167 Å². The van der Waals surface area contributed by atoms with Gasteiger partial charge in [0.1, 0.15) is 0 Å². The molecule has 0 aromatic heterocycles. The summed E-state index contributed by atoms with van der Waals surface area (Å²) >= 11 is 2.83. The van der Waals surface area contributed by atoms with Gasteiger partial charge in [0.25, 0.3) is 0 Å². The zero-order chi connectivity index (χ0) is 19.6. The van der Waals surface area contributed by atoms with Gasteiger partial charge in [-0.25, -0.2) is 17.6 Å². The molecule has 0 fully saturated rings. The van der Waals surface area contributed by atoms with Crippen LogP contribution in [0, 0.1) is 30.2 Å². The fourth-order valence-electron chi connectivity index (χ4n) is 2.30. The average Bonchev–Trinajstić information content (AvgIpc) is 2.67. The summed E-state index contributed by atoms with van der Waals surface area (Å²) in [5.74, 6) is -5.48. The number of hydrogen-bond acceptors (Lipinski definition) is 3. The molecular formula is C20H14F4S3. The van der Waals surface area contributed by atoms with Crippen LogP contribution in [0.2, 0.25) is 0 Å². The van der Waals surface area contributed by atoms with Crippen LogP contribution >= 0.6 is 35.3 Å². The molecule has 0 atom stereocenters. The maximum atomic E-state index is 14.2. The van der Waals surface area contributed by atoms with Crippen molar-refractivity contribution >= 4 is 35.3 Å². The number of thioether (sulfide) groups is 1. The lowest BCUT2D eigenvalue weighted by atomic mass is 10.2. The molecule has 3 aromatic rings. The largest absolute Gasteiger partial charge is 0.202 e. The van der Waals surface area contributed by atoms with Gasteiger partial charge in [0.05, 0.1) is 9.79 Å². The Morgan fingerprint density at radius 1 is 0.556 bits per heavy atom. The predicted octanol–water partition coefficient (Wildman–Crippen LogP) is 7.58. The van der Waals surface area contributed by atoms with Crippen molar-refractivity contribution in [3.05, 3.63) is 77.4 Å². The first-order valence-corrected chi connectivity index (χ1v) is 10.7. The van der Waals surface area contributed by atoms with Crippen molar-refractivity contribution in [2.24, 2.45) is 0 Å². The molecule has 0 heterocycles. The second-order valence-electron chi connectivity index (χ2n) is 5.61. The van der Waals surface area contributed by atoms with Crippen molar-refractivity contribution in [2.45, 2.75) is 31.4 Å². The Balaban J connectivity index is 1.82. The van der Waals surface area contributed by atoms with Gasteiger partial charge in [0.15, 0.2) is 23.3 Å². The second-order valence-corrected chi connectivity index (χ2v) is 8.65. The number of aryl methyl sites for hydroxylation is 1. The number of benzene rings is 3. The predicted molar refractivity (Wildman–Crippen MR) is 104 cm³/mol. The van der Waals surface area contributed by atoms with Crippen LogP contribution in [0.3, 0.4) is 0 Å². The second kappa shape index (κ2) is 8.63. The Bertz CT molecular complexity index is 925. The summed E-state index contributed by atoms with van der Waals surface area (Å²) in [5, 5.41) is 0. The number of hydrogen-bond donors (Lipinski definition) is 0. The summed E-state index contributed by atoms with van der Waals surface area (Å²) in [6, 6.07) is 15.0. The molecule has 0 amide bonds. The Morgan fingerprint density at radius 3 is 1.37 bits per heavy atom. The minimum absolute atomic E-state index is 0.483. The van der Waals surface area contributed by atoms with Crippen molar-refractivity contribution in [3.63, 3.8) is 0 Å². The summed E-state index contributed by atoms with van der Waals surface area (Å²) in [6.07, 6.45) is 1.36. The molecule has 0 saturated heterocycles. The van der Waals surface area contributed by atoms with Crippen LogP contribution in [0.4, 0.5) is 17.6 Å². The van der Waals surface area contributed by atoms with E-state index in [0.29, 0.717) is 28.4 Å². The summed E-state index contributed by atoms with van der Waals surface area (Å²) in [7, 11) is 0. The zero-order valence-electron chi connectivity index (χ0n) is 14.4. The normalized spacial score (nSPS) is 11.0. The Kier molecular flexibility index (Phi) is 6.44. The molecule has 3 rings (SSSR count). The van der Waals surface area contributed by atoms with Gasteiger partial charge in [-0.2, -0.15) is 0 Å². The van der Waals surface area contributed by atoms with Gasteiger partial charge in [-0.3, -0.25) is 0 Å². The fraction of sp³-hybridized carbons (Fsp3) is 0.100. The molecule has 140 valence electrons. The lowest BCUT2D eigenvalue weighted by Crippen LogP contribution is -2.01. The molecule has 7 heteroatoms. The van der Waals surface area contributed by atoms with E-state index < -0.39 is 33.1 Å². The molecule has 0 aliphatic heterocycles. The van der Waals surface area contributed by atoms with Crippen molar-refractivity contribution in [2.75, 3.05) is 6.26 Å². The highest BCUT2D eigenvalue weighted by Crippen LogP contribution is 2.39. The van der Waals surface area contributed by atoms with Crippen LogP contribution < -0.4 is 0 Å². The molecule has 0 saturated carbocycles. The first-order valence-electron chi connectivity index (χ1n) is 7.83. The first kappa shape index (κ1) is 20.2. The topological polar surface area (TPSA) is 0 Å². The van der Waals surface area contributed by atoms with E-state index in [9.17, 15) is 17.6 Å². The SMILES string of the molecule is CSc1c(F)c(F)c(Sc2ccc(Sc3ccc(C)cc3)cc2)c(F)c1F. The third kappa shape index (κ3) is 4.47. The van der Waals surface area contributed by atoms with Crippen LogP contribution in [0.1, 0.15) is 5.56 Å². The van der Waals surface area contributed by atoms with E-state index in [1.54, 1.807) is 36.0 Å². The fourth-order valence-corrected chi connectivity index (χ4v) is 4.52. The van der Waals surface area contributed by atoms with E-state index >= 15 is 0 Å². The van der Waals surface area contributed by atoms with Crippen molar-refractivity contribution in [1.82, 2.24) is 0 Å². The number of rotatable bonds is 5. The van der Waals surface area contributed by atoms with Gasteiger partial charge in [0.2, 0.25) is 0 Å². The van der Waals surface area contributed by atoms with Crippen LogP contribution in [0.25, 0.3) is 0 Å². The maximum absolute atomic E-state index is 14.2. The molecule has 3 aromatic carbocycles. The zero-order valence-corrected chi connectivity index (χ0v) is 16.8.